The Hall–Kier alpha value is -2.30. The van der Waals surface area contributed by atoms with Gasteiger partial charge in [-0.3, -0.25) is 0 Å². The van der Waals surface area contributed by atoms with E-state index in [0.717, 1.165) is 41.6 Å². The SMILES string of the molecule is CCNc1ncnc(N(C)c2ccccc2OC)c1CC. The molecule has 1 aromatic carbocycles. The van der Waals surface area contributed by atoms with Gasteiger partial charge < -0.3 is 15.0 Å². The monoisotopic (exact) mass is 286 g/mol. The second kappa shape index (κ2) is 6.92. The van der Waals surface area contributed by atoms with Crippen LogP contribution in [0.3, 0.4) is 0 Å². The first-order valence-corrected chi connectivity index (χ1v) is 7.17. The summed E-state index contributed by atoms with van der Waals surface area (Å²) in [7, 11) is 3.67. The minimum Gasteiger partial charge on any atom is -0.495 e. The highest BCUT2D eigenvalue weighted by atomic mass is 16.5. The van der Waals surface area contributed by atoms with E-state index in [1.807, 2.05) is 36.2 Å². The standard InChI is InChI=1S/C16H22N4O/c1-5-12-15(17-6-2)18-11-19-16(12)20(3)13-9-7-8-10-14(13)21-4/h7-11H,5-6H2,1-4H3,(H,17,18,19). The molecule has 1 aromatic heterocycles. The molecule has 0 aliphatic rings. The fraction of sp³-hybridized carbons (Fsp3) is 0.375. The van der Waals surface area contributed by atoms with Gasteiger partial charge >= 0.3 is 0 Å². The Morgan fingerprint density at radius 1 is 1.19 bits per heavy atom. The number of hydrogen-bond acceptors (Lipinski definition) is 5. The second-order valence-electron chi connectivity index (χ2n) is 4.64. The fourth-order valence-corrected chi connectivity index (χ4v) is 2.36. The molecular formula is C16H22N4O. The molecule has 5 nitrogen and oxygen atoms in total. The lowest BCUT2D eigenvalue weighted by atomic mass is 10.2. The minimum absolute atomic E-state index is 0.825. The van der Waals surface area contributed by atoms with Crippen molar-refractivity contribution in [2.24, 2.45) is 0 Å². The van der Waals surface area contributed by atoms with Gasteiger partial charge in [-0.15, -0.1) is 0 Å². The van der Waals surface area contributed by atoms with Crippen molar-refractivity contribution in [2.75, 3.05) is 30.9 Å². The molecular weight excluding hydrogens is 264 g/mol. The Labute approximate surface area is 126 Å². The molecule has 0 amide bonds. The van der Waals surface area contributed by atoms with Crippen LogP contribution in [0.15, 0.2) is 30.6 Å². The van der Waals surface area contributed by atoms with Gasteiger partial charge in [-0.25, -0.2) is 9.97 Å². The predicted molar refractivity (Wildman–Crippen MR) is 86.6 cm³/mol. The van der Waals surface area contributed by atoms with Gasteiger partial charge in [0.15, 0.2) is 0 Å². The van der Waals surface area contributed by atoms with E-state index in [0.29, 0.717) is 0 Å². The van der Waals surface area contributed by atoms with E-state index in [4.69, 9.17) is 4.74 Å². The van der Waals surface area contributed by atoms with E-state index in [9.17, 15) is 0 Å². The topological polar surface area (TPSA) is 50.3 Å². The van der Waals surface area contributed by atoms with Gasteiger partial charge in [0.1, 0.15) is 23.7 Å². The van der Waals surface area contributed by atoms with Crippen LogP contribution in [-0.2, 0) is 6.42 Å². The van der Waals surface area contributed by atoms with Crippen molar-refractivity contribution in [2.45, 2.75) is 20.3 Å². The first-order chi connectivity index (χ1) is 10.2. The van der Waals surface area contributed by atoms with Crippen molar-refractivity contribution in [3.8, 4) is 5.75 Å². The van der Waals surface area contributed by atoms with Gasteiger partial charge in [0, 0.05) is 19.2 Å². The molecule has 0 atom stereocenters. The molecule has 0 unspecified atom stereocenters. The zero-order valence-electron chi connectivity index (χ0n) is 13.1. The maximum Gasteiger partial charge on any atom is 0.142 e. The van der Waals surface area contributed by atoms with Crippen molar-refractivity contribution in [1.82, 2.24) is 9.97 Å². The van der Waals surface area contributed by atoms with Crippen LogP contribution in [-0.4, -0.2) is 30.7 Å². The van der Waals surface area contributed by atoms with Gasteiger partial charge in [-0.05, 0) is 25.5 Å². The quantitative estimate of drug-likeness (QED) is 0.883. The molecule has 5 heteroatoms. The summed E-state index contributed by atoms with van der Waals surface area (Å²) in [5.74, 6) is 2.62. The van der Waals surface area contributed by atoms with Gasteiger partial charge in [0.25, 0.3) is 0 Å². The van der Waals surface area contributed by atoms with Crippen LogP contribution >= 0.6 is 0 Å². The smallest absolute Gasteiger partial charge is 0.142 e. The summed E-state index contributed by atoms with van der Waals surface area (Å²) in [5.41, 5.74) is 2.09. The third-order valence-corrected chi connectivity index (χ3v) is 3.38. The Kier molecular flexibility index (Phi) is 4.98. The molecule has 0 spiro atoms. The van der Waals surface area contributed by atoms with Crippen LogP contribution in [0.4, 0.5) is 17.3 Å². The number of nitrogens with zero attached hydrogens (tertiary/aromatic N) is 3. The minimum atomic E-state index is 0.825. The van der Waals surface area contributed by atoms with Crippen LogP contribution in [0.1, 0.15) is 19.4 Å². The molecule has 2 rings (SSSR count). The van der Waals surface area contributed by atoms with Crippen molar-refractivity contribution in [1.29, 1.82) is 0 Å². The first kappa shape index (κ1) is 15.1. The van der Waals surface area contributed by atoms with Crippen molar-refractivity contribution in [3.05, 3.63) is 36.2 Å². The van der Waals surface area contributed by atoms with E-state index < -0.39 is 0 Å². The van der Waals surface area contributed by atoms with E-state index in [1.165, 1.54) is 0 Å². The zero-order chi connectivity index (χ0) is 15.2. The number of hydrogen-bond donors (Lipinski definition) is 1. The number of methoxy groups -OCH3 is 1. The third kappa shape index (κ3) is 3.07. The highest BCUT2D eigenvalue weighted by Gasteiger charge is 2.16. The maximum atomic E-state index is 5.44. The average molecular weight is 286 g/mol. The number of benzene rings is 1. The second-order valence-corrected chi connectivity index (χ2v) is 4.64. The Balaban J connectivity index is 2.47. The Bertz CT molecular complexity index is 601. The third-order valence-electron chi connectivity index (χ3n) is 3.38. The van der Waals surface area contributed by atoms with Gasteiger partial charge in [0.05, 0.1) is 12.8 Å². The molecule has 112 valence electrons. The van der Waals surface area contributed by atoms with Crippen molar-refractivity contribution < 1.29 is 4.74 Å². The highest BCUT2D eigenvalue weighted by Crippen LogP contribution is 2.34. The molecule has 0 aliphatic carbocycles. The molecule has 0 aliphatic heterocycles. The molecule has 0 saturated heterocycles. The van der Waals surface area contributed by atoms with E-state index in [2.05, 4.69) is 29.1 Å². The van der Waals surface area contributed by atoms with Gasteiger partial charge in [-0.2, -0.15) is 0 Å². The first-order valence-electron chi connectivity index (χ1n) is 7.17. The summed E-state index contributed by atoms with van der Waals surface area (Å²) in [4.78, 5) is 10.8. The summed E-state index contributed by atoms with van der Waals surface area (Å²) < 4.78 is 5.44. The normalized spacial score (nSPS) is 10.3. The molecule has 0 radical (unpaired) electrons. The van der Waals surface area contributed by atoms with Gasteiger partial charge in [-0.1, -0.05) is 19.1 Å². The fourth-order valence-electron chi connectivity index (χ4n) is 2.36. The molecule has 21 heavy (non-hydrogen) atoms. The molecule has 0 bridgehead atoms. The molecule has 0 saturated carbocycles. The maximum absolute atomic E-state index is 5.44. The lowest BCUT2D eigenvalue weighted by Gasteiger charge is -2.23. The van der Waals surface area contributed by atoms with E-state index >= 15 is 0 Å². The predicted octanol–water partition coefficient (Wildman–Crippen LogP) is 3.25. The Morgan fingerprint density at radius 3 is 2.62 bits per heavy atom. The summed E-state index contributed by atoms with van der Waals surface area (Å²) in [6.07, 6.45) is 2.45. The number of para-hydroxylation sites is 2. The van der Waals surface area contributed by atoms with Crippen LogP contribution in [0.25, 0.3) is 0 Å². The van der Waals surface area contributed by atoms with Crippen molar-refractivity contribution >= 4 is 17.3 Å². The number of aromatic nitrogens is 2. The summed E-state index contributed by atoms with van der Waals surface area (Å²) in [5, 5.41) is 3.29. The lowest BCUT2D eigenvalue weighted by Crippen LogP contribution is -2.16. The number of nitrogens with one attached hydrogen (secondary N) is 1. The van der Waals surface area contributed by atoms with Crippen molar-refractivity contribution in [3.63, 3.8) is 0 Å². The van der Waals surface area contributed by atoms with Crippen LogP contribution in [0.5, 0.6) is 5.75 Å². The molecule has 2 aromatic rings. The van der Waals surface area contributed by atoms with E-state index in [-0.39, 0.29) is 0 Å². The van der Waals surface area contributed by atoms with Crippen LogP contribution in [0, 0.1) is 0 Å². The average Bonchev–Trinajstić information content (AvgIpc) is 2.54. The largest absolute Gasteiger partial charge is 0.495 e. The molecule has 1 N–H and O–H groups in total. The van der Waals surface area contributed by atoms with E-state index in [1.54, 1.807) is 13.4 Å². The summed E-state index contributed by atoms with van der Waals surface area (Å²) >= 11 is 0. The summed E-state index contributed by atoms with van der Waals surface area (Å²) in [6.45, 7) is 5.01. The van der Waals surface area contributed by atoms with Gasteiger partial charge in [0.2, 0.25) is 0 Å². The van der Waals surface area contributed by atoms with Crippen LogP contribution in [0.2, 0.25) is 0 Å². The lowest BCUT2D eigenvalue weighted by molar-refractivity contribution is 0.415. The Morgan fingerprint density at radius 2 is 1.95 bits per heavy atom. The summed E-state index contributed by atoms with van der Waals surface area (Å²) in [6, 6.07) is 7.92. The number of anilines is 3. The number of ether oxygens (including phenoxy) is 1. The van der Waals surface area contributed by atoms with Crippen LogP contribution < -0.4 is 15.0 Å². The molecule has 1 heterocycles. The highest BCUT2D eigenvalue weighted by molar-refractivity contribution is 5.71. The number of rotatable bonds is 6. The molecule has 0 fully saturated rings. The zero-order valence-corrected chi connectivity index (χ0v) is 13.1.